The number of hydrogen-bond donors (Lipinski definition) is 1. The summed E-state index contributed by atoms with van der Waals surface area (Å²) in [7, 11) is 1.64. The van der Waals surface area contributed by atoms with E-state index in [1.807, 2.05) is 24.3 Å². The molecule has 0 saturated carbocycles. The van der Waals surface area contributed by atoms with E-state index in [0.29, 0.717) is 37.5 Å². The summed E-state index contributed by atoms with van der Waals surface area (Å²) < 4.78 is 12.6. The third-order valence-electron chi connectivity index (χ3n) is 6.38. The molecule has 0 fully saturated rings. The van der Waals surface area contributed by atoms with Crippen LogP contribution in [-0.4, -0.2) is 7.11 Å². The lowest BCUT2D eigenvalue weighted by atomic mass is 9.77. The minimum absolute atomic E-state index is 0.0481. The second-order valence-electron chi connectivity index (χ2n) is 8.38. The molecular weight excluding hydrogens is 580 g/mol. The normalized spacial score (nSPS) is 20.5. The second-order valence-corrected chi connectivity index (χ2v) is 10.9. The summed E-state index contributed by atoms with van der Waals surface area (Å²) in [6, 6.07) is 13.2. The number of nitrogens with one attached hydrogen (secondary N) is 1. The molecule has 0 unspecified atom stereocenters. The van der Waals surface area contributed by atoms with Gasteiger partial charge in [-0.1, -0.05) is 64.6 Å². The molecule has 3 aromatic rings. The van der Waals surface area contributed by atoms with Crippen LogP contribution in [0.25, 0.3) is 0 Å². The predicted octanol–water partition coefficient (Wildman–Crippen LogP) is 9.48. The standard InChI is InChI=1S/C26H20BrCl4NO2/c1-33-23-8-14(7-19(27)26(23)34-12-13-5-6-15(28)9-20(13)30)25-18-4-2-3-17(18)24-21(31)10-16(29)11-22(24)32-25/h2-3,5-11,17-18,25,32H,4,12H2,1H3/t17-,18-,25-/m0/s1. The van der Waals surface area contributed by atoms with E-state index in [9.17, 15) is 0 Å². The van der Waals surface area contributed by atoms with Gasteiger partial charge < -0.3 is 14.8 Å². The van der Waals surface area contributed by atoms with Crippen molar-refractivity contribution in [3.8, 4) is 11.5 Å². The van der Waals surface area contributed by atoms with Crippen molar-refractivity contribution in [3.05, 3.63) is 95.9 Å². The van der Waals surface area contributed by atoms with Crippen LogP contribution in [0.3, 0.4) is 0 Å². The topological polar surface area (TPSA) is 30.5 Å². The Morgan fingerprint density at radius 3 is 2.56 bits per heavy atom. The highest BCUT2D eigenvalue weighted by atomic mass is 79.9. The third-order valence-corrected chi connectivity index (χ3v) is 8.08. The Bertz CT molecular complexity index is 1300. The molecule has 1 heterocycles. The first-order valence-electron chi connectivity index (χ1n) is 10.7. The van der Waals surface area contributed by atoms with Crippen LogP contribution in [-0.2, 0) is 6.61 Å². The third kappa shape index (κ3) is 4.52. The molecule has 0 bridgehead atoms. The van der Waals surface area contributed by atoms with Crippen molar-refractivity contribution in [3.63, 3.8) is 0 Å². The molecule has 0 radical (unpaired) electrons. The van der Waals surface area contributed by atoms with Gasteiger partial charge in [-0.15, -0.1) is 0 Å². The van der Waals surface area contributed by atoms with E-state index in [1.165, 1.54) is 0 Å². The van der Waals surface area contributed by atoms with Crippen LogP contribution in [0.1, 0.15) is 35.1 Å². The molecule has 0 saturated heterocycles. The van der Waals surface area contributed by atoms with Gasteiger partial charge in [0.05, 0.1) is 17.6 Å². The molecule has 5 rings (SSSR count). The summed E-state index contributed by atoms with van der Waals surface area (Å²) in [5.41, 5.74) is 3.99. The smallest absolute Gasteiger partial charge is 0.175 e. The van der Waals surface area contributed by atoms with Crippen LogP contribution in [0.5, 0.6) is 11.5 Å². The van der Waals surface area contributed by atoms with Crippen LogP contribution in [0, 0.1) is 5.92 Å². The van der Waals surface area contributed by atoms with E-state index in [0.717, 1.165) is 33.3 Å². The lowest BCUT2D eigenvalue weighted by molar-refractivity contribution is 0.282. The highest BCUT2D eigenvalue weighted by Gasteiger charge is 2.39. The number of methoxy groups -OCH3 is 1. The Balaban J connectivity index is 1.47. The van der Waals surface area contributed by atoms with Crippen LogP contribution < -0.4 is 14.8 Å². The van der Waals surface area contributed by atoms with E-state index in [1.54, 1.807) is 19.2 Å². The Morgan fingerprint density at radius 2 is 1.79 bits per heavy atom. The maximum atomic E-state index is 6.59. The van der Waals surface area contributed by atoms with E-state index in [-0.39, 0.29) is 18.6 Å². The molecule has 0 aromatic heterocycles. The molecule has 3 atom stereocenters. The monoisotopic (exact) mass is 597 g/mol. The average Bonchev–Trinajstić information content (AvgIpc) is 3.27. The highest BCUT2D eigenvalue weighted by Crippen LogP contribution is 2.53. The van der Waals surface area contributed by atoms with E-state index < -0.39 is 0 Å². The summed E-state index contributed by atoms with van der Waals surface area (Å²) in [6.07, 6.45) is 5.42. The van der Waals surface area contributed by atoms with Crippen LogP contribution >= 0.6 is 62.3 Å². The number of hydrogen-bond acceptors (Lipinski definition) is 3. The van der Waals surface area contributed by atoms with Gasteiger partial charge in [-0.3, -0.25) is 0 Å². The molecule has 1 aliphatic heterocycles. The Morgan fingerprint density at radius 1 is 1.00 bits per heavy atom. The molecule has 8 heteroatoms. The van der Waals surface area contributed by atoms with Crippen molar-refractivity contribution in [1.29, 1.82) is 0 Å². The van der Waals surface area contributed by atoms with Gasteiger partial charge in [0.2, 0.25) is 0 Å². The Kier molecular flexibility index (Phi) is 6.98. The first-order valence-corrected chi connectivity index (χ1v) is 13.0. The fourth-order valence-corrected chi connectivity index (χ4v) is 6.48. The van der Waals surface area contributed by atoms with Gasteiger partial charge in [-0.2, -0.15) is 0 Å². The molecule has 1 aliphatic carbocycles. The van der Waals surface area contributed by atoms with Gasteiger partial charge in [-0.05, 0) is 70.2 Å². The minimum atomic E-state index is 0.0481. The zero-order valence-corrected chi connectivity index (χ0v) is 22.7. The molecule has 3 aromatic carbocycles. The van der Waals surface area contributed by atoms with Gasteiger partial charge in [0.25, 0.3) is 0 Å². The Labute approximate surface area is 227 Å². The van der Waals surface area contributed by atoms with Crippen molar-refractivity contribution in [2.24, 2.45) is 5.92 Å². The average molecular weight is 600 g/mol. The van der Waals surface area contributed by atoms with Crippen molar-refractivity contribution in [1.82, 2.24) is 0 Å². The van der Waals surface area contributed by atoms with Gasteiger partial charge in [0, 0.05) is 42.8 Å². The number of fused-ring (bicyclic) bond motifs is 3. The summed E-state index contributed by atoms with van der Waals surface area (Å²) in [5, 5.41) is 6.12. The summed E-state index contributed by atoms with van der Waals surface area (Å²) in [5.74, 6) is 1.79. The van der Waals surface area contributed by atoms with Gasteiger partial charge in [-0.25, -0.2) is 0 Å². The SMILES string of the molecule is COc1cc([C@@H]2Nc3cc(Cl)cc(Cl)c3[C@H]3C=CC[C@@H]32)cc(Br)c1OCc1ccc(Cl)cc1Cl. The van der Waals surface area contributed by atoms with E-state index >= 15 is 0 Å². The predicted molar refractivity (Wildman–Crippen MR) is 144 cm³/mol. The summed E-state index contributed by atoms with van der Waals surface area (Å²) >= 11 is 28.9. The lowest BCUT2D eigenvalue weighted by Crippen LogP contribution is -2.29. The maximum absolute atomic E-state index is 6.59. The molecule has 1 N–H and O–H groups in total. The van der Waals surface area contributed by atoms with Crippen molar-refractivity contribution in [2.45, 2.75) is 25.0 Å². The number of allylic oxidation sites excluding steroid dienone is 2. The largest absolute Gasteiger partial charge is 0.493 e. The number of halogens is 5. The summed E-state index contributed by atoms with van der Waals surface area (Å²) in [4.78, 5) is 0. The number of rotatable bonds is 5. The summed E-state index contributed by atoms with van der Waals surface area (Å²) in [6.45, 7) is 0.283. The first kappa shape index (κ1) is 24.1. The molecular formula is C26H20BrCl4NO2. The lowest BCUT2D eigenvalue weighted by Gasteiger charge is -2.38. The van der Waals surface area contributed by atoms with Crippen molar-refractivity contribution in [2.75, 3.05) is 12.4 Å². The fourth-order valence-electron chi connectivity index (χ4n) is 4.82. The maximum Gasteiger partial charge on any atom is 0.175 e. The van der Waals surface area contributed by atoms with Gasteiger partial charge >= 0.3 is 0 Å². The Hall–Kier alpha value is -1.56. The molecule has 0 spiro atoms. The zero-order chi connectivity index (χ0) is 24.0. The van der Waals surface area contributed by atoms with E-state index in [2.05, 4.69) is 39.5 Å². The zero-order valence-electron chi connectivity index (χ0n) is 18.0. The fraction of sp³-hybridized carbons (Fsp3) is 0.231. The van der Waals surface area contributed by atoms with Crippen molar-refractivity contribution >= 4 is 68.0 Å². The van der Waals surface area contributed by atoms with Gasteiger partial charge in [0.1, 0.15) is 6.61 Å². The van der Waals surface area contributed by atoms with Crippen LogP contribution in [0.15, 0.2) is 59.1 Å². The minimum Gasteiger partial charge on any atom is -0.493 e. The van der Waals surface area contributed by atoms with Crippen molar-refractivity contribution < 1.29 is 9.47 Å². The van der Waals surface area contributed by atoms with Crippen LogP contribution in [0.4, 0.5) is 5.69 Å². The molecule has 2 aliphatic rings. The van der Waals surface area contributed by atoms with Gasteiger partial charge in [0.15, 0.2) is 11.5 Å². The quantitative estimate of drug-likeness (QED) is 0.296. The molecule has 34 heavy (non-hydrogen) atoms. The first-order chi connectivity index (χ1) is 16.4. The van der Waals surface area contributed by atoms with Crippen LogP contribution in [0.2, 0.25) is 20.1 Å². The second kappa shape index (κ2) is 9.83. The number of benzene rings is 3. The molecule has 0 amide bonds. The highest BCUT2D eigenvalue weighted by molar-refractivity contribution is 9.10. The molecule has 3 nitrogen and oxygen atoms in total. The molecule has 176 valence electrons. The number of anilines is 1. The number of ether oxygens (including phenoxy) is 2. The van der Waals surface area contributed by atoms with E-state index in [4.69, 9.17) is 55.9 Å².